The van der Waals surface area contributed by atoms with E-state index in [-0.39, 0.29) is 5.75 Å². The van der Waals surface area contributed by atoms with Crippen LogP contribution in [0.3, 0.4) is 0 Å². The first-order valence-electron chi connectivity index (χ1n) is 18.4. The molecule has 1 aromatic carbocycles. The van der Waals surface area contributed by atoms with Crippen molar-refractivity contribution in [1.82, 2.24) is 14.8 Å². The van der Waals surface area contributed by atoms with Crippen LogP contribution in [0.1, 0.15) is 94.4 Å². The second-order valence-electron chi connectivity index (χ2n) is 15.1. The lowest BCUT2D eigenvalue weighted by molar-refractivity contribution is -0.111. The summed E-state index contributed by atoms with van der Waals surface area (Å²) in [5.74, 6) is 2.54. The summed E-state index contributed by atoms with van der Waals surface area (Å²) in [5, 5.41) is 11.8. The van der Waals surface area contributed by atoms with Crippen LogP contribution < -0.4 is 5.73 Å². The number of hydrogen-bond acceptors (Lipinski definition) is 5. The Hall–Kier alpha value is -2.47. The van der Waals surface area contributed by atoms with Crippen molar-refractivity contribution >= 4 is 17.0 Å². The van der Waals surface area contributed by atoms with Gasteiger partial charge >= 0.3 is 0 Å². The van der Waals surface area contributed by atoms with Gasteiger partial charge in [-0.1, -0.05) is 61.4 Å². The summed E-state index contributed by atoms with van der Waals surface area (Å²) in [7, 11) is 0. The smallest absolute Gasteiger partial charge is 0.141 e. The monoisotopic (exact) mass is 608 g/mol. The number of fused-ring (bicyclic) bond motifs is 3. The Labute approximate surface area is 271 Å². The quantitative estimate of drug-likeness (QED) is 0.343. The minimum absolute atomic E-state index is 0.276. The maximum atomic E-state index is 10.8. The minimum Gasteiger partial charge on any atom is -0.506 e. The van der Waals surface area contributed by atoms with Crippen LogP contribution in [0.5, 0.6) is 5.75 Å². The second-order valence-corrected chi connectivity index (χ2v) is 15.1. The van der Waals surface area contributed by atoms with Gasteiger partial charge in [-0.3, -0.25) is 4.90 Å². The SMILES string of the molecule is CC1CCCCC=CCCC2=CC3CN4CCCCc5nc6c(O)cccc6c(CCN)c5C=CCCC5(CN(CCC35)C1)C24. The van der Waals surface area contributed by atoms with E-state index in [1.807, 2.05) is 6.07 Å². The van der Waals surface area contributed by atoms with Crippen LogP contribution in [0, 0.1) is 23.2 Å². The van der Waals surface area contributed by atoms with Crippen molar-refractivity contribution in [1.29, 1.82) is 0 Å². The van der Waals surface area contributed by atoms with E-state index in [9.17, 15) is 5.11 Å². The maximum Gasteiger partial charge on any atom is 0.141 e. The molecule has 5 aliphatic heterocycles. The highest BCUT2D eigenvalue weighted by Crippen LogP contribution is 2.57. The van der Waals surface area contributed by atoms with Crippen molar-refractivity contribution in [3.63, 3.8) is 0 Å². The molecule has 1 aliphatic carbocycles. The molecule has 2 fully saturated rings. The van der Waals surface area contributed by atoms with Crippen LogP contribution in [-0.4, -0.2) is 65.2 Å². The first-order chi connectivity index (χ1) is 22.1. The summed E-state index contributed by atoms with van der Waals surface area (Å²) in [6, 6.07) is 6.40. The summed E-state index contributed by atoms with van der Waals surface area (Å²) in [5.41, 5.74) is 12.6. The van der Waals surface area contributed by atoms with Crippen LogP contribution in [-0.2, 0) is 12.8 Å². The zero-order chi connectivity index (χ0) is 30.8. The van der Waals surface area contributed by atoms with Gasteiger partial charge in [-0.2, -0.15) is 0 Å². The normalized spacial score (nSPS) is 34.1. The number of hydrogen-bond donors (Lipinski definition) is 2. The first-order valence-corrected chi connectivity index (χ1v) is 18.4. The molecule has 1 aromatic heterocycles. The molecule has 5 heteroatoms. The molecule has 6 heterocycles. The Morgan fingerprint density at radius 3 is 2.80 bits per heavy atom. The van der Waals surface area contributed by atoms with Crippen LogP contribution >= 0.6 is 0 Å². The van der Waals surface area contributed by atoms with E-state index < -0.39 is 0 Å². The van der Waals surface area contributed by atoms with E-state index in [0.717, 1.165) is 54.1 Å². The number of para-hydroxylation sites is 1. The molecule has 0 radical (unpaired) electrons. The van der Waals surface area contributed by atoms with Crippen LogP contribution in [0.25, 0.3) is 17.0 Å². The van der Waals surface area contributed by atoms with Crippen molar-refractivity contribution in [2.24, 2.45) is 28.9 Å². The van der Waals surface area contributed by atoms with Gasteiger partial charge in [0, 0.05) is 42.2 Å². The fourth-order valence-electron chi connectivity index (χ4n) is 10.3. The Balaban J connectivity index is 1.27. The predicted octanol–water partition coefficient (Wildman–Crippen LogP) is 7.67. The van der Waals surface area contributed by atoms with E-state index in [1.165, 1.54) is 102 Å². The van der Waals surface area contributed by atoms with E-state index in [1.54, 1.807) is 11.6 Å². The van der Waals surface area contributed by atoms with Crippen molar-refractivity contribution in [2.45, 2.75) is 96.4 Å². The van der Waals surface area contributed by atoms with Gasteiger partial charge in [-0.15, -0.1) is 0 Å². The average molecular weight is 609 g/mol. The molecule has 7 unspecified atom stereocenters. The summed E-state index contributed by atoms with van der Waals surface area (Å²) in [6.45, 7) is 9.33. The second kappa shape index (κ2) is 13.7. The number of phenolic OH excluding ortho intramolecular Hbond substituents is 1. The number of pyridine rings is 1. The number of nitrogens with two attached hydrogens (primary N) is 1. The lowest BCUT2D eigenvalue weighted by atomic mass is 9.52. The molecule has 2 saturated heterocycles. The van der Waals surface area contributed by atoms with E-state index in [2.05, 4.69) is 53.2 Å². The zero-order valence-electron chi connectivity index (χ0n) is 27.7. The van der Waals surface area contributed by atoms with Gasteiger partial charge in [0.25, 0.3) is 0 Å². The average Bonchev–Trinajstić information content (AvgIpc) is 3.04. The maximum absolute atomic E-state index is 10.8. The summed E-state index contributed by atoms with van der Waals surface area (Å²) < 4.78 is 0. The van der Waals surface area contributed by atoms with Gasteiger partial charge in [-0.05, 0) is 132 Å². The standard InChI is InChI=1S/C40H56N4O/c1-29-13-6-4-2-3-5-7-14-30-25-31-27-44-23-11-9-17-36-33(32(19-22-41)34-16-12-18-37(45)38(34)42-36)15-8-10-21-40(39(30)44)28-43(26-29)24-20-35(31)40/h3,5,8,12,15-16,18,25,29,31,35,39,45H,2,4,6-7,9-11,13-14,17,19-24,26-28,41H2,1H3. The molecule has 2 aromatic rings. The Morgan fingerprint density at radius 1 is 0.978 bits per heavy atom. The number of rotatable bonds is 2. The molecular weight excluding hydrogens is 552 g/mol. The van der Waals surface area contributed by atoms with Crippen LogP contribution in [0.4, 0.5) is 0 Å². The van der Waals surface area contributed by atoms with Gasteiger partial charge in [-0.25, -0.2) is 4.98 Å². The molecule has 6 aliphatic rings. The highest BCUT2D eigenvalue weighted by Gasteiger charge is 2.58. The summed E-state index contributed by atoms with van der Waals surface area (Å²) >= 11 is 0. The third-order valence-corrected chi connectivity index (χ3v) is 12.1. The third-order valence-electron chi connectivity index (χ3n) is 12.1. The molecule has 45 heavy (non-hydrogen) atoms. The number of aryl methyl sites for hydroxylation is 1. The molecular formula is C40H56N4O. The fraction of sp³-hybridized carbons (Fsp3) is 0.625. The Kier molecular flexibility index (Phi) is 9.49. The molecule has 0 amide bonds. The van der Waals surface area contributed by atoms with Crippen molar-refractivity contribution in [3.05, 3.63) is 64.9 Å². The molecule has 6 bridgehead atoms. The number of aromatic hydroxyl groups is 1. The van der Waals surface area contributed by atoms with Gasteiger partial charge in [0.05, 0.1) is 0 Å². The molecule has 242 valence electrons. The van der Waals surface area contributed by atoms with Crippen molar-refractivity contribution < 1.29 is 5.11 Å². The molecule has 8 rings (SSSR count). The number of phenols is 1. The van der Waals surface area contributed by atoms with Gasteiger partial charge in [0.15, 0.2) is 0 Å². The fourth-order valence-corrected chi connectivity index (χ4v) is 10.3. The Morgan fingerprint density at radius 2 is 1.89 bits per heavy atom. The summed E-state index contributed by atoms with van der Waals surface area (Å²) in [6.07, 6.45) is 28.1. The third kappa shape index (κ3) is 6.17. The number of piperidine rings is 2. The van der Waals surface area contributed by atoms with Crippen LogP contribution in [0.2, 0.25) is 0 Å². The van der Waals surface area contributed by atoms with E-state index in [0.29, 0.717) is 23.9 Å². The topological polar surface area (TPSA) is 65.6 Å². The number of nitrogens with zero attached hydrogens (tertiary/aromatic N) is 3. The van der Waals surface area contributed by atoms with Crippen molar-refractivity contribution in [2.75, 3.05) is 39.3 Å². The molecule has 7 atom stereocenters. The van der Waals surface area contributed by atoms with Gasteiger partial charge < -0.3 is 15.7 Å². The lowest BCUT2D eigenvalue weighted by Gasteiger charge is -2.64. The minimum atomic E-state index is 0.276. The highest BCUT2D eigenvalue weighted by molar-refractivity contribution is 5.90. The molecule has 0 saturated carbocycles. The first kappa shape index (κ1) is 31.1. The number of aromatic nitrogens is 1. The van der Waals surface area contributed by atoms with Crippen LogP contribution in [0.15, 0.2) is 48.1 Å². The lowest BCUT2D eigenvalue weighted by Crippen LogP contribution is -2.68. The predicted molar refractivity (Wildman–Crippen MR) is 187 cm³/mol. The largest absolute Gasteiger partial charge is 0.506 e. The number of benzene rings is 1. The number of allylic oxidation sites excluding steroid dienone is 3. The van der Waals surface area contributed by atoms with Crippen molar-refractivity contribution in [3.8, 4) is 5.75 Å². The highest BCUT2D eigenvalue weighted by atomic mass is 16.3. The Bertz CT molecular complexity index is 1440. The van der Waals surface area contributed by atoms with E-state index in [4.69, 9.17) is 10.7 Å². The molecule has 1 spiro atoms. The van der Waals surface area contributed by atoms with Gasteiger partial charge in [0.1, 0.15) is 11.3 Å². The molecule has 5 nitrogen and oxygen atoms in total. The molecule has 3 N–H and O–H groups in total. The van der Waals surface area contributed by atoms with E-state index >= 15 is 0 Å². The zero-order valence-corrected chi connectivity index (χ0v) is 27.7. The summed E-state index contributed by atoms with van der Waals surface area (Å²) in [4.78, 5) is 11.0. The van der Waals surface area contributed by atoms with Gasteiger partial charge in [0.2, 0.25) is 0 Å².